The lowest BCUT2D eigenvalue weighted by Crippen LogP contribution is -2.23. The maximum Gasteiger partial charge on any atom is 0.272 e. The topological polar surface area (TPSA) is 83.8 Å². The van der Waals surface area contributed by atoms with Gasteiger partial charge in [-0.1, -0.05) is 17.7 Å². The standard InChI is InChI=1S/C17H14N4O2S/c1-10-4-5-13-12(7-10)15(21-20-13)16(22)18-8-11-9-23-17(19-11)14-3-2-6-24-14/h2-7,9H,8H2,1H3,(H,18,22)(H,20,21). The van der Waals surface area contributed by atoms with Crippen LogP contribution >= 0.6 is 11.3 Å². The molecule has 0 radical (unpaired) electrons. The van der Waals surface area contributed by atoms with Gasteiger partial charge in [0.05, 0.1) is 22.6 Å². The summed E-state index contributed by atoms with van der Waals surface area (Å²) < 4.78 is 5.44. The first kappa shape index (κ1) is 14.6. The Morgan fingerprint density at radius 2 is 2.29 bits per heavy atom. The Kier molecular flexibility index (Phi) is 3.62. The number of nitrogens with zero attached hydrogens (tertiary/aromatic N) is 2. The van der Waals surface area contributed by atoms with Crippen molar-refractivity contribution in [1.82, 2.24) is 20.5 Å². The fourth-order valence-electron chi connectivity index (χ4n) is 2.46. The summed E-state index contributed by atoms with van der Waals surface area (Å²) in [6, 6.07) is 9.72. The Morgan fingerprint density at radius 3 is 3.12 bits per heavy atom. The average molecular weight is 338 g/mol. The molecule has 3 heterocycles. The van der Waals surface area contributed by atoms with Crippen LogP contribution in [0.4, 0.5) is 0 Å². The fraction of sp³-hybridized carbons (Fsp3) is 0.118. The molecule has 7 heteroatoms. The number of nitrogens with one attached hydrogen (secondary N) is 2. The van der Waals surface area contributed by atoms with Crippen LogP contribution in [0.2, 0.25) is 0 Å². The maximum atomic E-state index is 12.4. The summed E-state index contributed by atoms with van der Waals surface area (Å²) in [7, 11) is 0. The van der Waals surface area contributed by atoms with E-state index in [2.05, 4.69) is 20.5 Å². The number of rotatable bonds is 4. The molecule has 0 saturated carbocycles. The molecule has 0 aliphatic heterocycles. The molecule has 0 aliphatic carbocycles. The number of aromatic amines is 1. The molecule has 120 valence electrons. The minimum Gasteiger partial charge on any atom is -0.443 e. The van der Waals surface area contributed by atoms with Gasteiger partial charge in [0.2, 0.25) is 5.89 Å². The summed E-state index contributed by atoms with van der Waals surface area (Å²) >= 11 is 1.56. The summed E-state index contributed by atoms with van der Waals surface area (Å²) in [5, 5.41) is 12.6. The number of thiophene rings is 1. The van der Waals surface area contributed by atoms with Crippen LogP contribution in [0.1, 0.15) is 21.7 Å². The van der Waals surface area contributed by atoms with Gasteiger partial charge in [-0.25, -0.2) is 4.98 Å². The number of carbonyl (C=O) groups is 1. The van der Waals surface area contributed by atoms with Gasteiger partial charge in [0.1, 0.15) is 6.26 Å². The van der Waals surface area contributed by atoms with E-state index in [1.54, 1.807) is 17.6 Å². The van der Waals surface area contributed by atoms with Crippen LogP contribution in [-0.2, 0) is 6.54 Å². The van der Waals surface area contributed by atoms with Crippen molar-refractivity contribution in [3.05, 3.63) is 58.9 Å². The van der Waals surface area contributed by atoms with Crippen molar-refractivity contribution in [2.45, 2.75) is 13.5 Å². The second-order valence-corrected chi connectivity index (χ2v) is 6.37. The molecule has 0 unspecified atom stereocenters. The van der Waals surface area contributed by atoms with Gasteiger partial charge in [0.25, 0.3) is 5.91 Å². The molecule has 24 heavy (non-hydrogen) atoms. The van der Waals surface area contributed by atoms with Crippen LogP contribution < -0.4 is 5.32 Å². The molecule has 0 spiro atoms. The van der Waals surface area contributed by atoms with Gasteiger partial charge in [-0.2, -0.15) is 5.10 Å². The van der Waals surface area contributed by atoms with Gasteiger partial charge in [0.15, 0.2) is 5.69 Å². The van der Waals surface area contributed by atoms with E-state index in [-0.39, 0.29) is 12.5 Å². The normalized spacial score (nSPS) is 11.0. The van der Waals surface area contributed by atoms with Gasteiger partial charge >= 0.3 is 0 Å². The van der Waals surface area contributed by atoms with Crippen molar-refractivity contribution in [2.24, 2.45) is 0 Å². The zero-order valence-electron chi connectivity index (χ0n) is 12.9. The van der Waals surface area contributed by atoms with Crippen molar-refractivity contribution in [1.29, 1.82) is 0 Å². The highest BCUT2D eigenvalue weighted by atomic mass is 32.1. The van der Waals surface area contributed by atoms with E-state index >= 15 is 0 Å². The number of hydrogen-bond donors (Lipinski definition) is 2. The van der Waals surface area contributed by atoms with E-state index in [1.165, 1.54) is 0 Å². The number of hydrogen-bond acceptors (Lipinski definition) is 5. The first-order chi connectivity index (χ1) is 11.7. The molecule has 2 N–H and O–H groups in total. The summed E-state index contributed by atoms with van der Waals surface area (Å²) in [6.07, 6.45) is 1.56. The fourth-order valence-corrected chi connectivity index (χ4v) is 3.11. The Balaban J connectivity index is 1.49. The van der Waals surface area contributed by atoms with Gasteiger partial charge in [-0.05, 0) is 30.5 Å². The van der Waals surface area contributed by atoms with Crippen LogP contribution in [0.15, 0.2) is 46.4 Å². The smallest absolute Gasteiger partial charge is 0.272 e. The molecule has 0 atom stereocenters. The van der Waals surface area contributed by atoms with Gasteiger partial charge in [-0.3, -0.25) is 9.89 Å². The Morgan fingerprint density at radius 1 is 1.38 bits per heavy atom. The molecule has 0 aliphatic rings. The van der Waals surface area contributed by atoms with Crippen molar-refractivity contribution >= 4 is 28.1 Å². The number of fused-ring (bicyclic) bond motifs is 1. The second-order valence-electron chi connectivity index (χ2n) is 5.43. The molecule has 4 aromatic rings. The highest BCUT2D eigenvalue weighted by molar-refractivity contribution is 7.13. The quantitative estimate of drug-likeness (QED) is 0.596. The van der Waals surface area contributed by atoms with Crippen LogP contribution in [0.3, 0.4) is 0 Å². The molecule has 1 amide bonds. The van der Waals surface area contributed by atoms with Crippen LogP contribution in [-0.4, -0.2) is 21.1 Å². The third kappa shape index (κ3) is 2.69. The van der Waals surface area contributed by atoms with E-state index < -0.39 is 0 Å². The Hall–Kier alpha value is -2.93. The van der Waals surface area contributed by atoms with Gasteiger partial charge < -0.3 is 9.73 Å². The Bertz CT molecular complexity index is 1000. The number of carbonyl (C=O) groups excluding carboxylic acids is 1. The van der Waals surface area contributed by atoms with E-state index in [4.69, 9.17) is 4.42 Å². The molecule has 0 saturated heterocycles. The molecular weight excluding hydrogens is 324 g/mol. The SMILES string of the molecule is Cc1ccc2[nH]nc(C(=O)NCc3coc(-c4cccs4)n3)c2c1. The Labute approximate surface area is 141 Å². The minimum atomic E-state index is -0.243. The molecule has 0 fully saturated rings. The second kappa shape index (κ2) is 5.93. The summed E-state index contributed by atoms with van der Waals surface area (Å²) in [5.41, 5.74) is 2.97. The largest absolute Gasteiger partial charge is 0.443 e. The summed E-state index contributed by atoms with van der Waals surface area (Å²) in [6.45, 7) is 2.27. The van der Waals surface area contributed by atoms with Crippen molar-refractivity contribution in [2.75, 3.05) is 0 Å². The van der Waals surface area contributed by atoms with Gasteiger partial charge in [0, 0.05) is 5.39 Å². The zero-order valence-corrected chi connectivity index (χ0v) is 13.7. The summed E-state index contributed by atoms with van der Waals surface area (Å²) in [4.78, 5) is 17.7. The minimum absolute atomic E-state index is 0.243. The van der Waals surface area contributed by atoms with Crippen molar-refractivity contribution < 1.29 is 9.21 Å². The van der Waals surface area contributed by atoms with Crippen LogP contribution in [0.25, 0.3) is 21.7 Å². The molecule has 4 rings (SSSR count). The molecule has 0 bridgehead atoms. The highest BCUT2D eigenvalue weighted by Crippen LogP contribution is 2.23. The molecular formula is C17H14N4O2S. The summed E-state index contributed by atoms with van der Waals surface area (Å²) in [5.74, 6) is 0.322. The molecule has 6 nitrogen and oxygen atoms in total. The first-order valence-corrected chi connectivity index (χ1v) is 8.30. The van der Waals surface area contributed by atoms with Crippen LogP contribution in [0.5, 0.6) is 0 Å². The third-order valence-corrected chi connectivity index (χ3v) is 4.51. The van der Waals surface area contributed by atoms with E-state index in [1.807, 2.05) is 42.6 Å². The number of oxazole rings is 1. The number of H-pyrrole nitrogens is 1. The molecule has 3 aromatic heterocycles. The van der Waals surface area contributed by atoms with Crippen molar-refractivity contribution in [3.8, 4) is 10.8 Å². The third-order valence-electron chi connectivity index (χ3n) is 3.65. The van der Waals surface area contributed by atoms with Gasteiger partial charge in [-0.15, -0.1) is 11.3 Å². The van der Waals surface area contributed by atoms with E-state index in [0.29, 0.717) is 17.3 Å². The molecule has 1 aromatic carbocycles. The number of benzene rings is 1. The van der Waals surface area contributed by atoms with E-state index in [0.717, 1.165) is 21.3 Å². The monoisotopic (exact) mass is 338 g/mol. The number of aromatic nitrogens is 3. The lowest BCUT2D eigenvalue weighted by Gasteiger charge is -2.00. The highest BCUT2D eigenvalue weighted by Gasteiger charge is 2.15. The number of amides is 1. The zero-order chi connectivity index (χ0) is 16.5. The number of aryl methyl sites for hydroxylation is 1. The lowest BCUT2D eigenvalue weighted by molar-refractivity contribution is 0.0947. The predicted octanol–water partition coefficient (Wildman–Crippen LogP) is 3.52. The van der Waals surface area contributed by atoms with Crippen LogP contribution in [0, 0.1) is 6.92 Å². The first-order valence-electron chi connectivity index (χ1n) is 7.42. The van der Waals surface area contributed by atoms with Crippen molar-refractivity contribution in [3.63, 3.8) is 0 Å². The average Bonchev–Trinajstić information content (AvgIpc) is 3.31. The predicted molar refractivity (Wildman–Crippen MR) is 91.8 cm³/mol. The lowest BCUT2D eigenvalue weighted by atomic mass is 10.1. The van der Waals surface area contributed by atoms with E-state index in [9.17, 15) is 4.79 Å². The maximum absolute atomic E-state index is 12.4.